The van der Waals surface area contributed by atoms with Crippen molar-refractivity contribution in [3.8, 4) is 0 Å². The van der Waals surface area contributed by atoms with Crippen LogP contribution in [-0.2, 0) is 33.4 Å². The standard InChI is InChI=1S/C22H30O9/c1-7-10(2)20(26)31-18-17-12(4)21(27)30-15(17)8-11(3)14(24)9-16(25)22(6,28)19(18)29-13(5)23/h7,11,14-15,17-19,24,28H,4,8-9H2,1-3,5-6H3/b10-7-/t11-,14-,15-,17+,18+,19-,22+/m1/s1. The van der Waals surface area contributed by atoms with E-state index in [1.165, 1.54) is 13.0 Å². The molecule has 1 aliphatic heterocycles. The van der Waals surface area contributed by atoms with Crippen LogP contribution in [0.4, 0.5) is 0 Å². The van der Waals surface area contributed by atoms with Gasteiger partial charge in [-0.05, 0) is 33.1 Å². The third-order valence-corrected chi connectivity index (χ3v) is 6.04. The van der Waals surface area contributed by atoms with E-state index < -0.39 is 72.0 Å². The number of fused-ring (bicyclic) bond motifs is 1. The second-order valence-electron chi connectivity index (χ2n) is 8.42. The Balaban J connectivity index is 2.67. The van der Waals surface area contributed by atoms with E-state index in [4.69, 9.17) is 14.2 Å². The van der Waals surface area contributed by atoms with Crippen molar-refractivity contribution in [1.82, 2.24) is 0 Å². The molecular formula is C22H30O9. The number of rotatable bonds is 3. The molecule has 0 aromatic carbocycles. The number of ketones is 1. The van der Waals surface area contributed by atoms with Crippen molar-refractivity contribution in [1.29, 1.82) is 0 Å². The molecule has 2 rings (SSSR count). The molecule has 0 aromatic rings. The summed E-state index contributed by atoms with van der Waals surface area (Å²) in [6.07, 6.45) is -3.86. The first-order valence-electron chi connectivity index (χ1n) is 10.2. The summed E-state index contributed by atoms with van der Waals surface area (Å²) >= 11 is 0. The van der Waals surface area contributed by atoms with Gasteiger partial charge in [0.15, 0.2) is 23.6 Å². The number of aliphatic hydroxyl groups excluding tert-OH is 1. The molecule has 0 amide bonds. The second kappa shape index (κ2) is 9.32. The van der Waals surface area contributed by atoms with Gasteiger partial charge < -0.3 is 24.4 Å². The summed E-state index contributed by atoms with van der Waals surface area (Å²) in [7, 11) is 0. The van der Waals surface area contributed by atoms with E-state index in [0.29, 0.717) is 0 Å². The number of carbonyl (C=O) groups excluding carboxylic acids is 4. The van der Waals surface area contributed by atoms with Crippen molar-refractivity contribution in [2.75, 3.05) is 0 Å². The van der Waals surface area contributed by atoms with Gasteiger partial charge in [0.25, 0.3) is 0 Å². The fourth-order valence-corrected chi connectivity index (χ4v) is 3.87. The van der Waals surface area contributed by atoms with Gasteiger partial charge in [0, 0.05) is 24.5 Å². The van der Waals surface area contributed by atoms with E-state index >= 15 is 0 Å². The van der Waals surface area contributed by atoms with E-state index in [9.17, 15) is 29.4 Å². The van der Waals surface area contributed by atoms with Gasteiger partial charge in [-0.3, -0.25) is 9.59 Å². The van der Waals surface area contributed by atoms with Crippen molar-refractivity contribution >= 4 is 23.7 Å². The fourth-order valence-electron chi connectivity index (χ4n) is 3.87. The fraction of sp³-hybridized carbons (Fsp3) is 0.636. The largest absolute Gasteiger partial charge is 0.458 e. The van der Waals surface area contributed by atoms with Gasteiger partial charge in [0.1, 0.15) is 6.10 Å². The number of hydrogen-bond acceptors (Lipinski definition) is 9. The number of aliphatic hydroxyl groups is 2. The lowest BCUT2D eigenvalue weighted by Gasteiger charge is -2.41. The Morgan fingerprint density at radius 1 is 1.26 bits per heavy atom. The number of Topliss-reactive ketones (excluding diaryl/α,β-unsaturated/α-hetero) is 1. The molecule has 2 aliphatic rings. The maximum absolute atomic E-state index is 12.9. The maximum atomic E-state index is 12.9. The minimum atomic E-state index is -2.32. The van der Waals surface area contributed by atoms with Crippen molar-refractivity contribution in [3.63, 3.8) is 0 Å². The zero-order chi connectivity index (χ0) is 23.7. The average molecular weight is 438 g/mol. The van der Waals surface area contributed by atoms with E-state index in [0.717, 1.165) is 13.8 Å². The Bertz CT molecular complexity index is 810. The molecule has 0 radical (unpaired) electrons. The molecule has 0 unspecified atom stereocenters. The first-order chi connectivity index (χ1) is 14.3. The van der Waals surface area contributed by atoms with Gasteiger partial charge in [0.2, 0.25) is 0 Å². The van der Waals surface area contributed by atoms with Gasteiger partial charge in [-0.1, -0.05) is 19.6 Å². The summed E-state index contributed by atoms with van der Waals surface area (Å²) in [4.78, 5) is 49.7. The van der Waals surface area contributed by atoms with Crippen LogP contribution in [0.25, 0.3) is 0 Å². The van der Waals surface area contributed by atoms with Crippen LogP contribution in [0, 0.1) is 11.8 Å². The molecule has 1 saturated carbocycles. The monoisotopic (exact) mass is 438 g/mol. The molecule has 172 valence electrons. The number of carbonyl (C=O) groups is 4. The molecule has 1 aliphatic carbocycles. The number of esters is 3. The highest BCUT2D eigenvalue weighted by atomic mass is 16.6. The Kier molecular flexibility index (Phi) is 7.44. The van der Waals surface area contributed by atoms with E-state index in [1.54, 1.807) is 13.8 Å². The summed E-state index contributed by atoms with van der Waals surface area (Å²) in [6, 6.07) is 0. The van der Waals surface area contributed by atoms with Gasteiger partial charge in [-0.25, -0.2) is 9.59 Å². The molecule has 31 heavy (non-hydrogen) atoms. The predicted molar refractivity (Wildman–Crippen MR) is 107 cm³/mol. The smallest absolute Gasteiger partial charge is 0.334 e. The Labute approximate surface area is 181 Å². The summed E-state index contributed by atoms with van der Waals surface area (Å²) in [5, 5.41) is 21.6. The second-order valence-corrected chi connectivity index (χ2v) is 8.42. The first kappa shape index (κ1) is 24.7. The minimum absolute atomic E-state index is 0.0383. The van der Waals surface area contributed by atoms with Gasteiger partial charge >= 0.3 is 17.9 Å². The van der Waals surface area contributed by atoms with Crippen LogP contribution in [0.5, 0.6) is 0 Å². The molecule has 0 bridgehead atoms. The molecule has 2 fully saturated rings. The minimum Gasteiger partial charge on any atom is -0.458 e. The van der Waals surface area contributed by atoms with Crippen molar-refractivity contribution < 1.29 is 43.6 Å². The van der Waals surface area contributed by atoms with E-state index in [-0.39, 0.29) is 17.6 Å². The van der Waals surface area contributed by atoms with Crippen LogP contribution in [-0.4, -0.2) is 63.9 Å². The van der Waals surface area contributed by atoms with Crippen LogP contribution in [0.15, 0.2) is 23.8 Å². The zero-order valence-electron chi connectivity index (χ0n) is 18.4. The van der Waals surface area contributed by atoms with E-state index in [2.05, 4.69) is 6.58 Å². The lowest BCUT2D eigenvalue weighted by Crippen LogP contribution is -2.59. The molecule has 0 spiro atoms. The third kappa shape index (κ3) is 5.04. The molecule has 0 aromatic heterocycles. The van der Waals surface area contributed by atoms with E-state index in [1.807, 2.05) is 0 Å². The lowest BCUT2D eigenvalue weighted by atomic mass is 9.75. The molecule has 9 nitrogen and oxygen atoms in total. The first-order valence-corrected chi connectivity index (χ1v) is 10.2. The van der Waals surface area contributed by atoms with Gasteiger partial charge in [-0.2, -0.15) is 0 Å². The summed E-state index contributed by atoms with van der Waals surface area (Å²) in [6.45, 7) is 10.8. The highest BCUT2D eigenvalue weighted by Crippen LogP contribution is 2.41. The van der Waals surface area contributed by atoms with Crippen molar-refractivity contribution in [2.45, 2.75) is 77.5 Å². The molecule has 2 N–H and O–H groups in total. The van der Waals surface area contributed by atoms with Gasteiger partial charge in [-0.15, -0.1) is 0 Å². The van der Waals surface area contributed by atoms with Crippen LogP contribution >= 0.6 is 0 Å². The Morgan fingerprint density at radius 2 is 1.87 bits per heavy atom. The number of allylic oxidation sites excluding steroid dienone is 1. The summed E-state index contributed by atoms with van der Waals surface area (Å²) < 4.78 is 16.3. The van der Waals surface area contributed by atoms with Crippen molar-refractivity contribution in [3.05, 3.63) is 23.8 Å². The lowest BCUT2D eigenvalue weighted by molar-refractivity contribution is -0.198. The molecular weight excluding hydrogens is 408 g/mol. The van der Waals surface area contributed by atoms with Gasteiger partial charge in [0.05, 0.1) is 12.0 Å². The topological polar surface area (TPSA) is 136 Å². The van der Waals surface area contributed by atoms with Crippen LogP contribution in [0.3, 0.4) is 0 Å². The maximum Gasteiger partial charge on any atom is 0.334 e. The third-order valence-electron chi connectivity index (χ3n) is 6.04. The predicted octanol–water partition coefficient (Wildman–Crippen LogP) is 1.00. The van der Waals surface area contributed by atoms with Crippen LogP contribution < -0.4 is 0 Å². The molecule has 1 saturated heterocycles. The quantitative estimate of drug-likeness (QED) is 0.376. The number of ether oxygens (including phenoxy) is 3. The zero-order valence-corrected chi connectivity index (χ0v) is 18.4. The van der Waals surface area contributed by atoms with Crippen LogP contribution in [0.1, 0.15) is 47.5 Å². The Hall–Kier alpha value is -2.52. The van der Waals surface area contributed by atoms with Crippen LogP contribution in [0.2, 0.25) is 0 Å². The molecule has 1 heterocycles. The normalized spacial score (nSPS) is 37.0. The average Bonchev–Trinajstić information content (AvgIpc) is 2.95. The number of hydrogen-bond donors (Lipinski definition) is 2. The SMILES string of the molecule is C=C1C(=O)O[C@@H]2C[C@@H](C)[C@H](O)CC(=O)[C@](C)(O)[C@H](OC(C)=O)[C@@H](OC(=O)/C(C)=C\C)[C@@H]12. The highest BCUT2D eigenvalue weighted by molar-refractivity contribution is 5.92. The summed E-state index contributed by atoms with van der Waals surface area (Å²) in [5.74, 6) is -4.62. The van der Waals surface area contributed by atoms with Crippen molar-refractivity contribution in [2.24, 2.45) is 11.8 Å². The highest BCUT2D eigenvalue weighted by Gasteiger charge is 2.57. The molecule has 7 atom stereocenters. The summed E-state index contributed by atoms with van der Waals surface area (Å²) in [5.41, 5.74) is -2.13. The Morgan fingerprint density at radius 3 is 2.42 bits per heavy atom. The molecule has 9 heteroatoms.